The Hall–Kier alpha value is -0.890. The standard InChI is InChI=1S/C13H18IN3O2/c1-13(15-2)5-7-16(8-6-13)10-3-4-12(17(18)19)11(14)9-10/h3-4,9,15H,5-8H2,1-2H3. The second kappa shape index (κ2) is 5.62. The van der Waals surface area contributed by atoms with E-state index in [1.165, 1.54) is 0 Å². The monoisotopic (exact) mass is 375 g/mol. The highest BCUT2D eigenvalue weighted by atomic mass is 127. The number of anilines is 1. The maximum absolute atomic E-state index is 10.8. The molecule has 0 atom stereocenters. The Labute approximate surface area is 126 Å². The Kier molecular flexibility index (Phi) is 4.29. The van der Waals surface area contributed by atoms with E-state index < -0.39 is 0 Å². The number of nitrogens with one attached hydrogen (secondary N) is 1. The number of piperidine rings is 1. The summed E-state index contributed by atoms with van der Waals surface area (Å²) in [4.78, 5) is 12.8. The lowest BCUT2D eigenvalue weighted by atomic mass is 9.89. The van der Waals surface area contributed by atoms with Gasteiger partial charge in [0.2, 0.25) is 0 Å². The summed E-state index contributed by atoms with van der Waals surface area (Å²) in [5.41, 5.74) is 1.47. The van der Waals surface area contributed by atoms with E-state index >= 15 is 0 Å². The zero-order valence-electron chi connectivity index (χ0n) is 11.1. The fourth-order valence-electron chi connectivity index (χ4n) is 2.35. The summed E-state index contributed by atoms with van der Waals surface area (Å²) in [6.45, 7) is 4.19. The molecule has 0 aliphatic carbocycles. The molecule has 0 saturated carbocycles. The van der Waals surface area contributed by atoms with Crippen LogP contribution in [0.5, 0.6) is 0 Å². The van der Waals surface area contributed by atoms with Gasteiger partial charge in [-0.15, -0.1) is 0 Å². The van der Waals surface area contributed by atoms with Gasteiger partial charge in [-0.05, 0) is 61.5 Å². The molecule has 0 unspecified atom stereocenters. The fourth-order valence-corrected chi connectivity index (χ4v) is 3.04. The van der Waals surface area contributed by atoms with Crippen molar-refractivity contribution in [2.24, 2.45) is 0 Å². The summed E-state index contributed by atoms with van der Waals surface area (Å²) in [5, 5.41) is 14.2. The molecule has 19 heavy (non-hydrogen) atoms. The van der Waals surface area contributed by atoms with Crippen LogP contribution in [0.3, 0.4) is 0 Å². The second-order valence-electron chi connectivity index (χ2n) is 5.19. The molecule has 0 aromatic heterocycles. The van der Waals surface area contributed by atoms with Crippen LogP contribution in [-0.2, 0) is 0 Å². The van der Waals surface area contributed by atoms with E-state index in [-0.39, 0.29) is 16.1 Å². The van der Waals surface area contributed by atoms with Crippen LogP contribution < -0.4 is 10.2 Å². The molecule has 1 aromatic carbocycles. The van der Waals surface area contributed by atoms with Gasteiger partial charge >= 0.3 is 0 Å². The highest BCUT2D eigenvalue weighted by Gasteiger charge is 2.28. The topological polar surface area (TPSA) is 58.4 Å². The van der Waals surface area contributed by atoms with Crippen molar-refractivity contribution in [2.75, 3.05) is 25.0 Å². The molecule has 1 N–H and O–H groups in total. The number of hydrogen-bond donors (Lipinski definition) is 1. The third kappa shape index (κ3) is 3.17. The molecule has 1 aliphatic rings. The van der Waals surface area contributed by atoms with Gasteiger partial charge in [0.25, 0.3) is 5.69 Å². The Morgan fingerprint density at radius 3 is 2.53 bits per heavy atom. The summed E-state index contributed by atoms with van der Waals surface area (Å²) in [6, 6.07) is 5.35. The van der Waals surface area contributed by atoms with Gasteiger partial charge in [0.1, 0.15) is 0 Å². The van der Waals surface area contributed by atoms with E-state index in [9.17, 15) is 10.1 Å². The molecular formula is C13H18IN3O2. The Balaban J connectivity index is 2.12. The van der Waals surface area contributed by atoms with Crippen LogP contribution in [0.4, 0.5) is 11.4 Å². The van der Waals surface area contributed by atoms with Gasteiger partial charge in [-0.1, -0.05) is 0 Å². The second-order valence-corrected chi connectivity index (χ2v) is 6.35. The van der Waals surface area contributed by atoms with Crippen LogP contribution in [0.2, 0.25) is 0 Å². The number of halogens is 1. The quantitative estimate of drug-likeness (QED) is 0.502. The Morgan fingerprint density at radius 1 is 1.42 bits per heavy atom. The predicted octanol–water partition coefficient (Wildman–Crippen LogP) is 2.78. The minimum atomic E-state index is -0.334. The van der Waals surface area contributed by atoms with E-state index in [4.69, 9.17) is 0 Å². The summed E-state index contributed by atoms with van der Waals surface area (Å²) in [6.07, 6.45) is 2.16. The zero-order chi connectivity index (χ0) is 14.0. The van der Waals surface area contributed by atoms with Gasteiger partial charge in [0.15, 0.2) is 0 Å². The lowest BCUT2D eigenvalue weighted by molar-refractivity contribution is -0.385. The van der Waals surface area contributed by atoms with E-state index in [1.807, 2.05) is 41.8 Å². The van der Waals surface area contributed by atoms with Crippen molar-refractivity contribution < 1.29 is 4.92 Å². The molecule has 104 valence electrons. The third-order valence-corrected chi connectivity index (χ3v) is 4.83. The molecule has 0 bridgehead atoms. The average Bonchev–Trinajstić information content (AvgIpc) is 2.39. The average molecular weight is 375 g/mol. The van der Waals surface area contributed by atoms with Crippen LogP contribution in [0.1, 0.15) is 19.8 Å². The smallest absolute Gasteiger partial charge is 0.282 e. The van der Waals surface area contributed by atoms with Crippen molar-refractivity contribution in [3.05, 3.63) is 31.9 Å². The number of nitro benzene ring substituents is 1. The lowest BCUT2D eigenvalue weighted by Gasteiger charge is -2.40. The summed E-state index contributed by atoms with van der Waals surface area (Å²) in [5.74, 6) is 0. The number of nitrogens with zero attached hydrogens (tertiary/aromatic N) is 2. The number of rotatable bonds is 3. The lowest BCUT2D eigenvalue weighted by Crippen LogP contribution is -2.50. The highest BCUT2D eigenvalue weighted by molar-refractivity contribution is 14.1. The molecule has 2 rings (SSSR count). The maximum atomic E-state index is 10.8. The first kappa shape index (κ1) is 14.5. The normalized spacial score (nSPS) is 18.4. The van der Waals surface area contributed by atoms with Gasteiger partial charge in [0.05, 0.1) is 8.49 Å². The largest absolute Gasteiger partial charge is 0.371 e. The minimum Gasteiger partial charge on any atom is -0.371 e. The molecule has 1 fully saturated rings. The molecule has 0 amide bonds. The van der Waals surface area contributed by atoms with E-state index in [2.05, 4.69) is 17.1 Å². The number of hydrogen-bond acceptors (Lipinski definition) is 4. The SMILES string of the molecule is CNC1(C)CCN(c2ccc([N+](=O)[O-])c(I)c2)CC1. The van der Waals surface area contributed by atoms with Crippen molar-refractivity contribution >= 4 is 34.0 Å². The summed E-state index contributed by atoms with van der Waals surface area (Å²) >= 11 is 2.03. The van der Waals surface area contributed by atoms with Crippen molar-refractivity contribution in [2.45, 2.75) is 25.3 Å². The molecule has 0 radical (unpaired) electrons. The maximum Gasteiger partial charge on any atom is 0.282 e. The van der Waals surface area contributed by atoms with Gasteiger partial charge in [-0.2, -0.15) is 0 Å². The zero-order valence-corrected chi connectivity index (χ0v) is 13.3. The molecule has 5 nitrogen and oxygen atoms in total. The van der Waals surface area contributed by atoms with Crippen molar-refractivity contribution in [3.63, 3.8) is 0 Å². The third-order valence-electron chi connectivity index (χ3n) is 3.96. The van der Waals surface area contributed by atoms with Crippen LogP contribution in [-0.4, -0.2) is 30.6 Å². The molecule has 6 heteroatoms. The number of nitro groups is 1. The first-order valence-electron chi connectivity index (χ1n) is 6.33. The molecular weight excluding hydrogens is 357 g/mol. The highest BCUT2D eigenvalue weighted by Crippen LogP contribution is 2.30. The Morgan fingerprint density at radius 2 is 2.05 bits per heavy atom. The van der Waals surface area contributed by atoms with E-state index in [0.29, 0.717) is 3.57 Å². The first-order chi connectivity index (χ1) is 8.95. The fraction of sp³-hybridized carbons (Fsp3) is 0.538. The number of benzene rings is 1. The molecule has 1 heterocycles. The van der Waals surface area contributed by atoms with E-state index in [1.54, 1.807) is 6.07 Å². The van der Waals surface area contributed by atoms with Crippen LogP contribution in [0.25, 0.3) is 0 Å². The predicted molar refractivity (Wildman–Crippen MR) is 84.7 cm³/mol. The van der Waals surface area contributed by atoms with Gasteiger partial charge in [-0.3, -0.25) is 10.1 Å². The first-order valence-corrected chi connectivity index (χ1v) is 7.41. The van der Waals surface area contributed by atoms with Gasteiger partial charge in [-0.25, -0.2) is 0 Å². The van der Waals surface area contributed by atoms with Crippen LogP contribution in [0, 0.1) is 13.7 Å². The van der Waals surface area contributed by atoms with Crippen molar-refractivity contribution in [1.82, 2.24) is 5.32 Å². The minimum absolute atomic E-state index is 0.182. The van der Waals surface area contributed by atoms with Crippen molar-refractivity contribution in [1.29, 1.82) is 0 Å². The molecule has 1 aromatic rings. The van der Waals surface area contributed by atoms with Gasteiger partial charge < -0.3 is 10.2 Å². The summed E-state index contributed by atoms with van der Waals surface area (Å²) < 4.78 is 0.696. The van der Waals surface area contributed by atoms with Crippen LogP contribution in [0.15, 0.2) is 18.2 Å². The Bertz CT molecular complexity index is 485. The van der Waals surface area contributed by atoms with Gasteiger partial charge in [0, 0.05) is 30.4 Å². The van der Waals surface area contributed by atoms with Crippen molar-refractivity contribution in [3.8, 4) is 0 Å². The molecule has 0 spiro atoms. The molecule has 1 aliphatic heterocycles. The van der Waals surface area contributed by atoms with E-state index in [0.717, 1.165) is 31.6 Å². The summed E-state index contributed by atoms with van der Waals surface area (Å²) in [7, 11) is 2.00. The molecule has 1 saturated heterocycles. The van der Waals surface area contributed by atoms with Crippen LogP contribution >= 0.6 is 22.6 Å².